The number of nitrogens with zero attached hydrogens (tertiary/aromatic N) is 8. The monoisotopic (exact) mass is 788 g/mol. The van der Waals surface area contributed by atoms with Crippen molar-refractivity contribution in [1.82, 2.24) is 39.2 Å². The lowest BCUT2D eigenvalue weighted by atomic mass is 10.2. The molecule has 56 heavy (non-hydrogen) atoms. The smallest absolute Gasteiger partial charge is 0.237 e. The van der Waals surface area contributed by atoms with E-state index in [-0.39, 0.29) is 130 Å². The van der Waals surface area contributed by atoms with Gasteiger partial charge in [-0.05, 0) is 51.4 Å². The summed E-state index contributed by atoms with van der Waals surface area (Å²) in [4.78, 5) is 114. The Hall–Kier alpha value is -4.40. The van der Waals surface area contributed by atoms with Gasteiger partial charge in [-0.2, -0.15) is 0 Å². The lowest BCUT2D eigenvalue weighted by molar-refractivity contribution is -0.311. The summed E-state index contributed by atoms with van der Waals surface area (Å²) in [5.41, 5.74) is 0. The molecule has 5 fully saturated rings. The molecule has 0 spiro atoms. The van der Waals surface area contributed by atoms with E-state index in [1.165, 1.54) is 19.6 Å². The first-order valence-electron chi connectivity index (χ1n) is 19.6. The fourth-order valence-electron chi connectivity index (χ4n) is 8.58. The van der Waals surface area contributed by atoms with Crippen LogP contribution in [-0.4, -0.2) is 216 Å². The van der Waals surface area contributed by atoms with E-state index in [0.717, 1.165) is 0 Å². The Kier molecular flexibility index (Phi) is 15.0. The predicted octanol–water partition coefficient (Wildman–Crippen LogP) is -7.83. The van der Waals surface area contributed by atoms with E-state index in [4.69, 9.17) is 0 Å². The molecule has 4 amide bonds. The predicted molar refractivity (Wildman–Crippen MR) is 185 cm³/mol. The van der Waals surface area contributed by atoms with Crippen LogP contribution in [0.2, 0.25) is 0 Å². The molecule has 5 rings (SSSR count). The summed E-state index contributed by atoms with van der Waals surface area (Å²) < 4.78 is 0. The van der Waals surface area contributed by atoms with E-state index in [2.05, 4.69) is 0 Å². The maximum Gasteiger partial charge on any atom is 0.237 e. The number of carboxylic acids is 4. The van der Waals surface area contributed by atoms with E-state index >= 15 is 0 Å². The summed E-state index contributed by atoms with van der Waals surface area (Å²) in [6.07, 6.45) is 3.13. The number of carboxylic acid groups (broad SMARTS) is 4. The van der Waals surface area contributed by atoms with Gasteiger partial charge < -0.3 is 59.2 Å². The van der Waals surface area contributed by atoms with E-state index in [9.17, 15) is 58.8 Å². The Morgan fingerprint density at radius 3 is 0.661 bits per heavy atom. The second kappa shape index (κ2) is 19.6. The van der Waals surface area contributed by atoms with Crippen molar-refractivity contribution in [1.29, 1.82) is 0 Å². The van der Waals surface area contributed by atoms with Crippen molar-refractivity contribution in [2.45, 2.75) is 75.5 Å². The Bertz CT molecular complexity index is 1270. The van der Waals surface area contributed by atoms with Gasteiger partial charge in [0, 0.05) is 78.5 Å². The molecule has 0 unspecified atom stereocenters. The molecule has 0 aromatic carbocycles. The molecule has 0 saturated carbocycles. The van der Waals surface area contributed by atoms with Gasteiger partial charge in [0.15, 0.2) is 0 Å². The van der Waals surface area contributed by atoms with Gasteiger partial charge in [-0.1, -0.05) is 0 Å². The third-order valence-corrected chi connectivity index (χ3v) is 11.7. The highest BCUT2D eigenvalue weighted by atomic mass is 16.4. The van der Waals surface area contributed by atoms with E-state index in [1.54, 1.807) is 19.6 Å². The maximum atomic E-state index is 13.5. The topological polar surface area (TPSA) is 255 Å². The number of hydrogen-bond donors (Lipinski definition) is 0. The minimum Gasteiger partial charge on any atom is -0.548 e. The second-order valence-electron chi connectivity index (χ2n) is 15.4. The van der Waals surface area contributed by atoms with Gasteiger partial charge in [-0.3, -0.25) is 38.8 Å². The molecule has 20 heteroatoms. The van der Waals surface area contributed by atoms with Crippen molar-refractivity contribution in [3.8, 4) is 0 Å². The van der Waals surface area contributed by atoms with Crippen molar-refractivity contribution in [2.75, 3.05) is 105 Å². The van der Waals surface area contributed by atoms with Gasteiger partial charge in [-0.25, -0.2) is 0 Å². The highest BCUT2D eigenvalue weighted by Gasteiger charge is 2.35. The van der Waals surface area contributed by atoms with Crippen molar-refractivity contribution in [3.05, 3.63) is 0 Å². The number of carbonyl (C=O) groups is 8. The number of likely N-dealkylation sites (tertiary alicyclic amines) is 4. The van der Waals surface area contributed by atoms with Crippen molar-refractivity contribution >= 4 is 47.5 Å². The molecule has 0 aromatic heterocycles. The average molecular weight is 789 g/mol. The summed E-state index contributed by atoms with van der Waals surface area (Å²) >= 11 is 0. The zero-order chi connectivity index (χ0) is 40.5. The molecule has 5 aliphatic rings. The zero-order valence-corrected chi connectivity index (χ0v) is 31.8. The normalized spacial score (nSPS) is 26.6. The molecule has 5 heterocycles. The number of carbonyl (C=O) groups excluding carboxylic acids is 8. The third kappa shape index (κ3) is 10.9. The van der Waals surface area contributed by atoms with Crippen LogP contribution in [0.25, 0.3) is 0 Å². The summed E-state index contributed by atoms with van der Waals surface area (Å²) in [5.74, 6) is -7.02. The first-order chi connectivity index (χ1) is 26.7. The van der Waals surface area contributed by atoms with Crippen LogP contribution < -0.4 is 20.4 Å². The molecule has 312 valence electrons. The molecule has 5 saturated heterocycles. The second-order valence-corrected chi connectivity index (χ2v) is 15.4. The van der Waals surface area contributed by atoms with Crippen molar-refractivity contribution in [3.63, 3.8) is 0 Å². The number of amides is 4. The van der Waals surface area contributed by atoms with Crippen LogP contribution in [0.4, 0.5) is 0 Å². The van der Waals surface area contributed by atoms with Gasteiger partial charge >= 0.3 is 0 Å². The highest BCUT2D eigenvalue weighted by molar-refractivity contribution is 5.87. The first-order valence-corrected chi connectivity index (χ1v) is 19.6. The molecular formula is C36H52N8O12-4. The highest BCUT2D eigenvalue weighted by Crippen LogP contribution is 2.21. The molecule has 0 N–H and O–H groups in total. The van der Waals surface area contributed by atoms with Crippen LogP contribution in [0.15, 0.2) is 0 Å². The SMILES string of the molecule is O=C([O-])[C@@H]1CCCN1C(=O)CN1CCN(CC(=O)N2CCC[C@H]2C(=O)[O-])CCN(CC(=O)N2CCC[C@H]2C(=O)[O-])CCN(CC(=O)N2CCC[C@H]2C(=O)[O-])CC1. The van der Waals surface area contributed by atoms with Gasteiger partial charge in [0.1, 0.15) is 0 Å². The Morgan fingerprint density at radius 1 is 0.321 bits per heavy atom. The third-order valence-electron chi connectivity index (χ3n) is 11.7. The molecule has 0 aliphatic carbocycles. The maximum absolute atomic E-state index is 13.5. The van der Waals surface area contributed by atoms with Crippen LogP contribution in [0, 0.1) is 0 Å². The average Bonchev–Trinajstić information content (AvgIpc) is 3.98. The molecular weight excluding hydrogens is 736 g/mol. The lowest BCUT2D eigenvalue weighted by Gasteiger charge is -2.36. The Balaban J connectivity index is 1.37. The Morgan fingerprint density at radius 2 is 0.500 bits per heavy atom. The van der Waals surface area contributed by atoms with Gasteiger partial charge in [0.05, 0.1) is 74.2 Å². The summed E-state index contributed by atoms with van der Waals surface area (Å²) in [5, 5.41) is 47.1. The van der Waals surface area contributed by atoms with E-state index in [1.807, 2.05) is 0 Å². The number of rotatable bonds is 12. The van der Waals surface area contributed by atoms with E-state index in [0.29, 0.717) is 25.7 Å². The number of aliphatic carboxylic acids is 4. The lowest BCUT2D eigenvalue weighted by Crippen LogP contribution is -2.55. The summed E-state index contributed by atoms with van der Waals surface area (Å²) in [7, 11) is 0. The summed E-state index contributed by atoms with van der Waals surface area (Å²) in [6.45, 7) is 2.09. The Labute approximate surface area is 325 Å². The van der Waals surface area contributed by atoms with Gasteiger partial charge in [-0.15, -0.1) is 0 Å². The quantitative estimate of drug-likeness (QED) is 0.178. The van der Waals surface area contributed by atoms with Crippen LogP contribution in [0.3, 0.4) is 0 Å². The van der Waals surface area contributed by atoms with Crippen molar-refractivity contribution < 1.29 is 58.8 Å². The van der Waals surface area contributed by atoms with Crippen LogP contribution >= 0.6 is 0 Å². The molecule has 5 aliphatic heterocycles. The van der Waals surface area contributed by atoms with Crippen LogP contribution in [0.5, 0.6) is 0 Å². The molecule has 0 radical (unpaired) electrons. The first kappa shape index (κ1) is 42.7. The standard InChI is InChI=1S/C36H56N8O12/c45-29(41-9-1-5-25(41)33(49)50)21-37-13-15-38(22-30(46)42-10-2-6-26(42)34(51)52)17-19-40(24-32(48)44-12-4-8-28(44)36(55)56)20-18-39(16-14-37)23-31(47)43-11-3-7-27(43)35(53)54/h25-28H,1-24H2,(H,49,50)(H,51,52)(H,53,54)(H,55,56)/p-4/t25-,26-,27-,28-/m0/s1. The largest absolute Gasteiger partial charge is 0.548 e. The molecule has 0 aromatic rings. The minimum atomic E-state index is -1.34. The fourth-order valence-corrected chi connectivity index (χ4v) is 8.58. The number of hydrogen-bond acceptors (Lipinski definition) is 16. The van der Waals surface area contributed by atoms with Gasteiger partial charge in [0.25, 0.3) is 0 Å². The zero-order valence-electron chi connectivity index (χ0n) is 31.8. The van der Waals surface area contributed by atoms with Crippen LogP contribution in [0.1, 0.15) is 51.4 Å². The van der Waals surface area contributed by atoms with Crippen molar-refractivity contribution in [2.24, 2.45) is 0 Å². The molecule has 20 nitrogen and oxygen atoms in total. The summed E-state index contributed by atoms with van der Waals surface area (Å²) in [6, 6.07) is -4.21. The van der Waals surface area contributed by atoms with E-state index < -0.39 is 71.7 Å². The molecule has 0 bridgehead atoms. The van der Waals surface area contributed by atoms with Crippen LogP contribution in [-0.2, 0) is 38.4 Å². The van der Waals surface area contributed by atoms with Gasteiger partial charge in [0.2, 0.25) is 23.6 Å². The minimum absolute atomic E-state index is 0.165. The fraction of sp³-hybridized carbons (Fsp3) is 0.778. The molecule has 4 atom stereocenters.